The SMILES string of the molecule is Cc1ccc(C(c2cnc[nH]2)N2CCC(N(Cc3ccccc3)C(=O)NCc3ccccn3)CC2)cc1C(F)(F)F. The number of nitrogens with zero attached hydrogens (tertiary/aromatic N) is 4. The summed E-state index contributed by atoms with van der Waals surface area (Å²) in [5, 5.41) is 3.02. The summed E-state index contributed by atoms with van der Waals surface area (Å²) in [5.74, 6) is 0. The molecule has 0 radical (unpaired) electrons. The molecule has 41 heavy (non-hydrogen) atoms. The first kappa shape index (κ1) is 28.4. The first-order valence-electron chi connectivity index (χ1n) is 13.7. The molecule has 2 aromatic heterocycles. The van der Waals surface area contributed by atoms with Crippen LogP contribution < -0.4 is 5.32 Å². The molecule has 5 rings (SSSR count). The van der Waals surface area contributed by atoms with Crippen LogP contribution in [0.4, 0.5) is 18.0 Å². The number of hydrogen-bond acceptors (Lipinski definition) is 4. The smallest absolute Gasteiger partial charge is 0.347 e. The molecule has 1 aliphatic rings. The normalized spacial score (nSPS) is 15.4. The number of aryl methyl sites for hydroxylation is 1. The van der Waals surface area contributed by atoms with E-state index in [0.717, 1.165) is 17.0 Å². The Morgan fingerprint density at radius 1 is 1.10 bits per heavy atom. The summed E-state index contributed by atoms with van der Waals surface area (Å²) in [7, 11) is 0. The van der Waals surface area contributed by atoms with Crippen LogP contribution in [0.1, 0.15) is 52.5 Å². The molecule has 3 heterocycles. The van der Waals surface area contributed by atoms with Gasteiger partial charge in [-0.15, -0.1) is 0 Å². The second-order valence-corrected chi connectivity index (χ2v) is 10.3. The van der Waals surface area contributed by atoms with E-state index in [1.54, 1.807) is 24.8 Å². The fraction of sp³-hybridized carbons (Fsp3) is 0.323. The fourth-order valence-corrected chi connectivity index (χ4v) is 5.49. The number of carbonyl (C=O) groups excluding carboxylic acids is 1. The molecule has 1 aliphatic heterocycles. The zero-order valence-corrected chi connectivity index (χ0v) is 22.8. The van der Waals surface area contributed by atoms with Crippen LogP contribution >= 0.6 is 0 Å². The largest absolute Gasteiger partial charge is 0.416 e. The minimum atomic E-state index is -4.44. The van der Waals surface area contributed by atoms with Crippen molar-refractivity contribution in [2.24, 2.45) is 0 Å². The van der Waals surface area contributed by atoms with E-state index in [9.17, 15) is 18.0 Å². The number of alkyl halides is 3. The molecule has 2 amide bonds. The molecule has 1 fully saturated rings. The van der Waals surface area contributed by atoms with Gasteiger partial charge in [-0.1, -0.05) is 48.5 Å². The van der Waals surface area contributed by atoms with Crippen LogP contribution in [0.2, 0.25) is 0 Å². The third kappa shape index (κ3) is 6.94. The molecule has 0 bridgehead atoms. The fourth-order valence-electron chi connectivity index (χ4n) is 5.49. The molecule has 2 aromatic carbocycles. The third-order valence-corrected chi connectivity index (χ3v) is 7.61. The zero-order chi connectivity index (χ0) is 28.8. The molecule has 10 heteroatoms. The summed E-state index contributed by atoms with van der Waals surface area (Å²) in [4.78, 5) is 29.0. The number of imidazole rings is 1. The number of H-pyrrole nitrogens is 1. The molecule has 1 atom stereocenters. The highest BCUT2D eigenvalue weighted by atomic mass is 19.4. The van der Waals surface area contributed by atoms with Gasteiger partial charge in [-0.25, -0.2) is 9.78 Å². The van der Waals surface area contributed by atoms with Gasteiger partial charge in [0.1, 0.15) is 0 Å². The Kier molecular flexibility index (Phi) is 8.68. The Morgan fingerprint density at radius 2 is 1.85 bits per heavy atom. The van der Waals surface area contributed by atoms with Crippen molar-refractivity contribution in [3.8, 4) is 0 Å². The lowest BCUT2D eigenvalue weighted by molar-refractivity contribution is -0.138. The second-order valence-electron chi connectivity index (χ2n) is 10.3. The Labute approximate surface area is 237 Å². The molecule has 4 aromatic rings. The second kappa shape index (κ2) is 12.6. The number of carbonyl (C=O) groups is 1. The van der Waals surface area contributed by atoms with Crippen LogP contribution in [0, 0.1) is 6.92 Å². The summed E-state index contributed by atoms with van der Waals surface area (Å²) in [6.07, 6.45) is 1.81. The number of nitrogens with one attached hydrogen (secondary N) is 2. The van der Waals surface area contributed by atoms with Crippen molar-refractivity contribution in [2.45, 2.75) is 51.1 Å². The van der Waals surface area contributed by atoms with E-state index in [-0.39, 0.29) is 17.6 Å². The Hall–Kier alpha value is -4.18. The minimum Gasteiger partial charge on any atom is -0.347 e. The molecule has 0 spiro atoms. The van der Waals surface area contributed by atoms with Crippen LogP contribution in [-0.2, 0) is 19.3 Å². The van der Waals surface area contributed by atoms with E-state index in [1.165, 1.54) is 19.1 Å². The number of piperidine rings is 1. The number of hydrogen-bond donors (Lipinski definition) is 2. The van der Waals surface area contributed by atoms with Crippen LogP contribution in [0.15, 0.2) is 85.5 Å². The molecule has 7 nitrogen and oxygen atoms in total. The van der Waals surface area contributed by atoms with Gasteiger partial charge in [-0.2, -0.15) is 13.2 Å². The summed E-state index contributed by atoms with van der Waals surface area (Å²) in [6.45, 7) is 3.45. The van der Waals surface area contributed by atoms with Crippen LogP contribution in [-0.4, -0.2) is 49.9 Å². The van der Waals surface area contributed by atoms with Crippen LogP contribution in [0.25, 0.3) is 0 Å². The van der Waals surface area contributed by atoms with Crippen molar-refractivity contribution in [1.29, 1.82) is 0 Å². The molecule has 2 N–H and O–H groups in total. The quantitative estimate of drug-likeness (QED) is 0.272. The van der Waals surface area contributed by atoms with Crippen LogP contribution in [0.3, 0.4) is 0 Å². The van der Waals surface area contributed by atoms with Gasteiger partial charge in [0, 0.05) is 38.1 Å². The van der Waals surface area contributed by atoms with Gasteiger partial charge in [0.2, 0.25) is 0 Å². The van der Waals surface area contributed by atoms with Gasteiger partial charge in [0.15, 0.2) is 0 Å². The minimum absolute atomic E-state index is 0.0404. The van der Waals surface area contributed by atoms with E-state index in [4.69, 9.17) is 0 Å². The number of halogens is 3. The van der Waals surface area contributed by atoms with Crippen molar-refractivity contribution >= 4 is 6.03 Å². The van der Waals surface area contributed by atoms with Crippen molar-refractivity contribution in [1.82, 2.24) is 30.1 Å². The number of urea groups is 1. The molecule has 0 aliphatic carbocycles. The number of benzene rings is 2. The van der Waals surface area contributed by atoms with E-state index < -0.39 is 17.8 Å². The van der Waals surface area contributed by atoms with Crippen molar-refractivity contribution < 1.29 is 18.0 Å². The average Bonchev–Trinajstić information content (AvgIpc) is 3.51. The lowest BCUT2D eigenvalue weighted by Crippen LogP contribution is -2.50. The molecule has 214 valence electrons. The van der Waals surface area contributed by atoms with Crippen molar-refractivity contribution in [3.63, 3.8) is 0 Å². The van der Waals surface area contributed by atoms with Gasteiger partial charge in [-0.3, -0.25) is 9.88 Å². The molecule has 0 saturated carbocycles. The Bertz CT molecular complexity index is 1410. The lowest BCUT2D eigenvalue weighted by atomic mass is 9.94. The van der Waals surface area contributed by atoms with Crippen molar-refractivity contribution in [2.75, 3.05) is 13.1 Å². The summed E-state index contributed by atoms with van der Waals surface area (Å²) in [5.41, 5.74) is 2.64. The maximum Gasteiger partial charge on any atom is 0.416 e. The molecular formula is C31H33F3N6O. The molecule has 1 saturated heterocycles. The Balaban J connectivity index is 1.34. The van der Waals surface area contributed by atoms with Crippen molar-refractivity contribution in [3.05, 3.63) is 119 Å². The molecule has 1 unspecified atom stereocenters. The number of amides is 2. The number of pyridine rings is 1. The highest BCUT2D eigenvalue weighted by Gasteiger charge is 2.36. The van der Waals surface area contributed by atoms with E-state index in [1.807, 2.05) is 53.4 Å². The molecular weight excluding hydrogens is 529 g/mol. The Morgan fingerprint density at radius 3 is 2.51 bits per heavy atom. The highest BCUT2D eigenvalue weighted by molar-refractivity contribution is 5.74. The predicted octanol–water partition coefficient (Wildman–Crippen LogP) is 6.10. The number of likely N-dealkylation sites (tertiary alicyclic amines) is 1. The summed E-state index contributed by atoms with van der Waals surface area (Å²) < 4.78 is 41.3. The van der Waals surface area contributed by atoms with E-state index in [0.29, 0.717) is 44.6 Å². The van der Waals surface area contributed by atoms with Gasteiger partial charge >= 0.3 is 12.2 Å². The van der Waals surface area contributed by atoms with Gasteiger partial charge < -0.3 is 15.2 Å². The topological polar surface area (TPSA) is 77.2 Å². The van der Waals surface area contributed by atoms with Gasteiger partial charge in [0.25, 0.3) is 0 Å². The first-order chi connectivity index (χ1) is 19.8. The summed E-state index contributed by atoms with van der Waals surface area (Å²) in [6, 6.07) is 19.3. The highest BCUT2D eigenvalue weighted by Crippen LogP contribution is 2.37. The van der Waals surface area contributed by atoms with Crippen LogP contribution in [0.5, 0.6) is 0 Å². The first-order valence-corrected chi connectivity index (χ1v) is 13.7. The zero-order valence-electron chi connectivity index (χ0n) is 22.8. The van der Waals surface area contributed by atoms with Gasteiger partial charge in [0.05, 0.1) is 35.9 Å². The maximum absolute atomic E-state index is 13.8. The monoisotopic (exact) mass is 562 g/mol. The lowest BCUT2D eigenvalue weighted by Gasteiger charge is -2.41. The number of aromatic nitrogens is 3. The average molecular weight is 563 g/mol. The standard InChI is InChI=1S/C31H33F3N6O/c1-22-10-11-24(17-27(22)31(32,33)34)29(28-19-35-21-38-28)39-15-12-26(13-16-39)40(20-23-7-3-2-4-8-23)30(41)37-18-25-9-5-6-14-36-25/h2-11,14,17,19,21,26,29H,12-13,15-16,18,20H2,1H3,(H,35,38)(H,37,41). The van der Waals surface area contributed by atoms with E-state index >= 15 is 0 Å². The predicted molar refractivity (Wildman–Crippen MR) is 150 cm³/mol. The third-order valence-electron chi connectivity index (χ3n) is 7.61. The maximum atomic E-state index is 13.8. The summed E-state index contributed by atoms with van der Waals surface area (Å²) >= 11 is 0. The van der Waals surface area contributed by atoms with E-state index in [2.05, 4.69) is 25.2 Å². The number of aromatic amines is 1. The number of rotatable bonds is 8. The van der Waals surface area contributed by atoms with Gasteiger partial charge in [-0.05, 0) is 54.7 Å².